The molecule has 2 aromatic heterocycles. The third kappa shape index (κ3) is 3.83. The third-order valence-electron chi connectivity index (χ3n) is 4.08. The van der Waals surface area contributed by atoms with Crippen molar-refractivity contribution in [3.05, 3.63) is 42.0 Å². The van der Waals surface area contributed by atoms with Crippen LogP contribution in [0.1, 0.15) is 37.1 Å². The monoisotopic (exact) mass is 311 g/mol. The number of aromatic nitrogens is 3. The lowest BCUT2D eigenvalue weighted by molar-refractivity contribution is -0.130. The standard InChI is InChI=1S/C17H21N5O/c1-12-5-3-7-16(19-12)21-17-10-18-9-15(20-17)14-6-4-8-22(11-14)13(2)23/h3,5,7,9-10,14H,4,6,8,11H2,1-2H3,(H,19,20,21). The molecule has 0 bridgehead atoms. The van der Waals surface area contributed by atoms with Crippen LogP contribution in [0.15, 0.2) is 30.6 Å². The highest BCUT2D eigenvalue weighted by molar-refractivity contribution is 5.73. The first-order valence-electron chi connectivity index (χ1n) is 7.90. The predicted molar refractivity (Wildman–Crippen MR) is 88.5 cm³/mol. The number of nitrogens with zero attached hydrogens (tertiary/aromatic N) is 4. The zero-order chi connectivity index (χ0) is 16.2. The van der Waals surface area contributed by atoms with E-state index in [1.54, 1.807) is 19.3 Å². The molecule has 0 saturated carbocycles. The Bertz CT molecular complexity index is 703. The van der Waals surface area contributed by atoms with Gasteiger partial charge < -0.3 is 10.2 Å². The first kappa shape index (κ1) is 15.4. The van der Waals surface area contributed by atoms with Crippen molar-refractivity contribution in [1.82, 2.24) is 19.9 Å². The number of amides is 1. The molecular weight excluding hydrogens is 290 g/mol. The summed E-state index contributed by atoms with van der Waals surface area (Å²) in [5.41, 5.74) is 1.87. The van der Waals surface area contributed by atoms with Crippen molar-refractivity contribution in [2.45, 2.75) is 32.6 Å². The van der Waals surface area contributed by atoms with E-state index in [9.17, 15) is 4.79 Å². The number of carbonyl (C=O) groups excluding carboxylic acids is 1. The molecule has 120 valence electrons. The molecule has 0 radical (unpaired) electrons. The lowest BCUT2D eigenvalue weighted by Gasteiger charge is -2.31. The molecule has 2 aromatic rings. The molecule has 1 unspecified atom stereocenters. The van der Waals surface area contributed by atoms with E-state index >= 15 is 0 Å². The quantitative estimate of drug-likeness (QED) is 0.943. The molecule has 0 aromatic carbocycles. The van der Waals surface area contributed by atoms with Crippen molar-refractivity contribution >= 4 is 17.5 Å². The minimum Gasteiger partial charge on any atom is -0.342 e. The Kier molecular flexibility index (Phi) is 4.50. The first-order valence-corrected chi connectivity index (χ1v) is 7.90. The van der Waals surface area contributed by atoms with Crippen LogP contribution in [0.4, 0.5) is 11.6 Å². The largest absolute Gasteiger partial charge is 0.342 e. The SMILES string of the molecule is CC(=O)N1CCCC(c2cncc(Nc3cccc(C)n3)n2)C1. The van der Waals surface area contributed by atoms with Crippen molar-refractivity contribution in [2.75, 3.05) is 18.4 Å². The van der Waals surface area contributed by atoms with Gasteiger partial charge in [-0.15, -0.1) is 0 Å². The number of hydrogen-bond acceptors (Lipinski definition) is 5. The number of aryl methyl sites for hydroxylation is 1. The van der Waals surface area contributed by atoms with Gasteiger partial charge in [-0.1, -0.05) is 6.07 Å². The second-order valence-electron chi connectivity index (χ2n) is 5.92. The molecule has 0 spiro atoms. The summed E-state index contributed by atoms with van der Waals surface area (Å²) >= 11 is 0. The molecular formula is C17H21N5O. The summed E-state index contributed by atoms with van der Waals surface area (Å²) in [5, 5.41) is 3.19. The summed E-state index contributed by atoms with van der Waals surface area (Å²) < 4.78 is 0. The van der Waals surface area contributed by atoms with E-state index in [4.69, 9.17) is 0 Å². The van der Waals surface area contributed by atoms with Crippen LogP contribution in [0.3, 0.4) is 0 Å². The van der Waals surface area contributed by atoms with Crippen LogP contribution in [-0.4, -0.2) is 38.8 Å². The highest BCUT2D eigenvalue weighted by atomic mass is 16.2. The normalized spacial score (nSPS) is 17.8. The fraction of sp³-hybridized carbons (Fsp3) is 0.412. The summed E-state index contributed by atoms with van der Waals surface area (Å²) in [6.45, 7) is 5.13. The van der Waals surface area contributed by atoms with Gasteiger partial charge in [0, 0.05) is 37.8 Å². The van der Waals surface area contributed by atoms with Crippen molar-refractivity contribution in [2.24, 2.45) is 0 Å². The van der Waals surface area contributed by atoms with Crippen molar-refractivity contribution in [1.29, 1.82) is 0 Å². The average molecular weight is 311 g/mol. The molecule has 1 aliphatic rings. The highest BCUT2D eigenvalue weighted by Crippen LogP contribution is 2.26. The van der Waals surface area contributed by atoms with Gasteiger partial charge >= 0.3 is 0 Å². The Balaban J connectivity index is 1.75. The Labute approximate surface area is 136 Å². The van der Waals surface area contributed by atoms with Crippen molar-refractivity contribution in [3.63, 3.8) is 0 Å². The maximum absolute atomic E-state index is 11.6. The van der Waals surface area contributed by atoms with Crippen LogP contribution in [0.25, 0.3) is 0 Å². The van der Waals surface area contributed by atoms with Gasteiger partial charge in [-0.2, -0.15) is 0 Å². The molecule has 1 fully saturated rings. The maximum atomic E-state index is 11.6. The fourth-order valence-corrected chi connectivity index (χ4v) is 2.89. The molecule has 6 heteroatoms. The number of hydrogen-bond donors (Lipinski definition) is 1. The summed E-state index contributed by atoms with van der Waals surface area (Å²) in [6.07, 6.45) is 5.52. The number of pyridine rings is 1. The van der Waals surface area contributed by atoms with Gasteiger partial charge in [0.15, 0.2) is 0 Å². The minimum absolute atomic E-state index is 0.126. The van der Waals surface area contributed by atoms with Gasteiger partial charge in [-0.3, -0.25) is 9.78 Å². The van der Waals surface area contributed by atoms with Gasteiger partial charge in [-0.05, 0) is 31.9 Å². The highest BCUT2D eigenvalue weighted by Gasteiger charge is 2.24. The zero-order valence-electron chi connectivity index (χ0n) is 13.5. The lowest BCUT2D eigenvalue weighted by Crippen LogP contribution is -2.37. The van der Waals surface area contributed by atoms with Crippen molar-refractivity contribution in [3.8, 4) is 0 Å². The molecule has 1 amide bonds. The van der Waals surface area contributed by atoms with E-state index < -0.39 is 0 Å². The van der Waals surface area contributed by atoms with E-state index in [2.05, 4.69) is 20.3 Å². The maximum Gasteiger partial charge on any atom is 0.219 e. The van der Waals surface area contributed by atoms with E-state index in [1.165, 1.54) is 0 Å². The van der Waals surface area contributed by atoms with E-state index in [-0.39, 0.29) is 11.8 Å². The molecule has 3 heterocycles. The molecule has 3 rings (SSSR count). The molecule has 1 aliphatic heterocycles. The van der Waals surface area contributed by atoms with Crippen LogP contribution in [0.2, 0.25) is 0 Å². The summed E-state index contributed by atoms with van der Waals surface area (Å²) in [5.74, 6) is 1.80. The molecule has 1 saturated heterocycles. The van der Waals surface area contributed by atoms with E-state index in [0.29, 0.717) is 5.82 Å². The fourth-order valence-electron chi connectivity index (χ4n) is 2.89. The third-order valence-corrected chi connectivity index (χ3v) is 4.08. The summed E-state index contributed by atoms with van der Waals surface area (Å²) in [7, 11) is 0. The molecule has 23 heavy (non-hydrogen) atoms. The first-order chi connectivity index (χ1) is 11.1. The second-order valence-corrected chi connectivity index (χ2v) is 5.92. The van der Waals surface area contributed by atoms with Crippen LogP contribution in [-0.2, 0) is 4.79 Å². The van der Waals surface area contributed by atoms with Gasteiger partial charge in [-0.25, -0.2) is 9.97 Å². The van der Waals surface area contributed by atoms with Crippen molar-refractivity contribution < 1.29 is 4.79 Å². The summed E-state index contributed by atoms with van der Waals surface area (Å²) in [4.78, 5) is 26.8. The summed E-state index contributed by atoms with van der Waals surface area (Å²) in [6, 6.07) is 5.80. The minimum atomic E-state index is 0.126. The van der Waals surface area contributed by atoms with Crippen LogP contribution >= 0.6 is 0 Å². The predicted octanol–water partition coefficient (Wildman–Crippen LogP) is 2.65. The Morgan fingerprint density at radius 3 is 2.91 bits per heavy atom. The van der Waals surface area contributed by atoms with Crippen LogP contribution < -0.4 is 5.32 Å². The molecule has 0 aliphatic carbocycles. The van der Waals surface area contributed by atoms with Crippen LogP contribution in [0, 0.1) is 6.92 Å². The number of rotatable bonds is 3. The molecule has 1 atom stereocenters. The van der Waals surface area contributed by atoms with Gasteiger partial charge in [0.05, 0.1) is 11.9 Å². The van der Waals surface area contributed by atoms with E-state index in [1.807, 2.05) is 30.0 Å². The topological polar surface area (TPSA) is 71.0 Å². The number of nitrogens with one attached hydrogen (secondary N) is 1. The lowest BCUT2D eigenvalue weighted by atomic mass is 9.95. The average Bonchev–Trinajstić information content (AvgIpc) is 2.55. The Morgan fingerprint density at radius 2 is 2.13 bits per heavy atom. The number of carbonyl (C=O) groups is 1. The van der Waals surface area contributed by atoms with E-state index in [0.717, 1.165) is 43.1 Å². The Hall–Kier alpha value is -2.50. The zero-order valence-corrected chi connectivity index (χ0v) is 13.5. The number of piperidine rings is 1. The van der Waals surface area contributed by atoms with Gasteiger partial charge in [0.2, 0.25) is 5.91 Å². The molecule has 1 N–H and O–H groups in total. The molecule has 6 nitrogen and oxygen atoms in total. The smallest absolute Gasteiger partial charge is 0.219 e. The van der Waals surface area contributed by atoms with Gasteiger partial charge in [0.1, 0.15) is 11.6 Å². The van der Waals surface area contributed by atoms with Gasteiger partial charge in [0.25, 0.3) is 0 Å². The Morgan fingerprint density at radius 1 is 1.26 bits per heavy atom. The number of likely N-dealkylation sites (tertiary alicyclic amines) is 1. The second kappa shape index (κ2) is 6.73. The van der Waals surface area contributed by atoms with Crippen LogP contribution in [0.5, 0.6) is 0 Å². The number of anilines is 2.